The second kappa shape index (κ2) is 5.11. The zero-order chi connectivity index (χ0) is 12.3. The third-order valence-electron chi connectivity index (χ3n) is 2.30. The minimum Gasteiger partial charge on any atom is -0.397 e. The van der Waals surface area contributed by atoms with E-state index in [1.54, 1.807) is 19.4 Å². The van der Waals surface area contributed by atoms with E-state index in [-0.39, 0.29) is 5.91 Å². The highest BCUT2D eigenvalue weighted by molar-refractivity contribution is 7.21. The molecule has 90 valence electrons. The number of aromatic nitrogens is 1. The molecule has 2 rings (SSSR count). The number of thiophene rings is 1. The van der Waals surface area contributed by atoms with Gasteiger partial charge >= 0.3 is 0 Å². The Hall–Kier alpha value is -1.66. The summed E-state index contributed by atoms with van der Waals surface area (Å²) in [4.78, 5) is 17.3. The molecule has 2 heterocycles. The summed E-state index contributed by atoms with van der Waals surface area (Å²) < 4.78 is 4.86. The number of rotatable bonds is 4. The summed E-state index contributed by atoms with van der Waals surface area (Å²) >= 11 is 1.30. The van der Waals surface area contributed by atoms with Crippen LogP contribution in [0.3, 0.4) is 0 Å². The van der Waals surface area contributed by atoms with Crippen molar-refractivity contribution < 1.29 is 9.53 Å². The second-order valence-corrected chi connectivity index (χ2v) is 4.45. The van der Waals surface area contributed by atoms with Crippen LogP contribution >= 0.6 is 11.3 Å². The number of fused-ring (bicyclic) bond motifs is 1. The number of hydrogen-bond acceptors (Lipinski definition) is 5. The SMILES string of the molecule is COCCNC(=O)c1sc2ncccc2c1N. The summed E-state index contributed by atoms with van der Waals surface area (Å²) in [5.74, 6) is -0.178. The van der Waals surface area contributed by atoms with Crippen LogP contribution in [0.15, 0.2) is 18.3 Å². The quantitative estimate of drug-likeness (QED) is 0.802. The zero-order valence-electron chi connectivity index (χ0n) is 9.40. The molecule has 0 spiro atoms. The molecule has 3 N–H and O–H groups in total. The maximum Gasteiger partial charge on any atom is 0.263 e. The number of nitrogens with zero attached hydrogens (tertiary/aromatic N) is 1. The predicted octanol–water partition coefficient (Wildman–Crippen LogP) is 1.25. The Balaban J connectivity index is 2.23. The van der Waals surface area contributed by atoms with E-state index in [1.165, 1.54) is 11.3 Å². The van der Waals surface area contributed by atoms with Crippen molar-refractivity contribution in [2.75, 3.05) is 26.0 Å². The van der Waals surface area contributed by atoms with E-state index in [2.05, 4.69) is 10.3 Å². The largest absolute Gasteiger partial charge is 0.397 e. The summed E-state index contributed by atoms with van der Waals surface area (Å²) in [5, 5.41) is 3.57. The number of amides is 1. The van der Waals surface area contributed by atoms with Gasteiger partial charge in [0.15, 0.2) is 0 Å². The molecule has 0 fully saturated rings. The topological polar surface area (TPSA) is 77.2 Å². The number of nitrogens with one attached hydrogen (secondary N) is 1. The van der Waals surface area contributed by atoms with E-state index in [1.807, 2.05) is 6.07 Å². The van der Waals surface area contributed by atoms with Gasteiger partial charge in [0, 0.05) is 25.2 Å². The van der Waals surface area contributed by atoms with E-state index in [0.717, 1.165) is 10.2 Å². The number of carbonyl (C=O) groups is 1. The molecule has 0 unspecified atom stereocenters. The van der Waals surface area contributed by atoms with Crippen LogP contribution in [0.2, 0.25) is 0 Å². The fourth-order valence-corrected chi connectivity index (χ4v) is 2.45. The van der Waals surface area contributed by atoms with Gasteiger partial charge in [-0.3, -0.25) is 4.79 Å². The van der Waals surface area contributed by atoms with Gasteiger partial charge in [-0.05, 0) is 12.1 Å². The van der Waals surface area contributed by atoms with Crippen molar-refractivity contribution in [1.82, 2.24) is 10.3 Å². The summed E-state index contributed by atoms with van der Waals surface area (Å²) in [6, 6.07) is 3.66. The van der Waals surface area contributed by atoms with Gasteiger partial charge in [0.25, 0.3) is 5.91 Å². The molecule has 0 aliphatic heterocycles. The molecule has 0 bridgehead atoms. The van der Waals surface area contributed by atoms with Gasteiger partial charge in [-0.2, -0.15) is 0 Å². The number of methoxy groups -OCH3 is 1. The molecule has 2 aromatic rings. The van der Waals surface area contributed by atoms with Crippen LogP contribution in [-0.2, 0) is 4.74 Å². The van der Waals surface area contributed by atoms with Crippen molar-refractivity contribution in [3.8, 4) is 0 Å². The number of nitrogens with two attached hydrogens (primary N) is 1. The van der Waals surface area contributed by atoms with Crippen LogP contribution in [0, 0.1) is 0 Å². The maximum atomic E-state index is 11.8. The first-order valence-electron chi connectivity index (χ1n) is 5.14. The van der Waals surface area contributed by atoms with Crippen LogP contribution in [-0.4, -0.2) is 31.2 Å². The number of pyridine rings is 1. The molecule has 0 atom stereocenters. The summed E-state index contributed by atoms with van der Waals surface area (Å²) in [5.41, 5.74) is 6.42. The third-order valence-corrected chi connectivity index (χ3v) is 3.43. The molecule has 17 heavy (non-hydrogen) atoms. The molecule has 0 aliphatic rings. The highest BCUT2D eigenvalue weighted by Crippen LogP contribution is 2.31. The molecular formula is C11H13N3O2S. The van der Waals surface area contributed by atoms with E-state index in [0.29, 0.717) is 23.7 Å². The molecule has 0 radical (unpaired) electrons. The molecule has 1 amide bonds. The lowest BCUT2D eigenvalue weighted by molar-refractivity contribution is 0.0942. The van der Waals surface area contributed by atoms with E-state index < -0.39 is 0 Å². The monoisotopic (exact) mass is 251 g/mol. The first-order chi connectivity index (χ1) is 8.24. The Morgan fingerprint density at radius 3 is 3.18 bits per heavy atom. The molecular weight excluding hydrogens is 238 g/mol. The van der Waals surface area contributed by atoms with Crippen LogP contribution in [0.5, 0.6) is 0 Å². The lowest BCUT2D eigenvalue weighted by Gasteiger charge is -2.02. The molecule has 5 nitrogen and oxygen atoms in total. The van der Waals surface area contributed by atoms with Gasteiger partial charge in [0.1, 0.15) is 9.71 Å². The first kappa shape index (κ1) is 11.8. The lowest BCUT2D eigenvalue weighted by atomic mass is 10.2. The van der Waals surface area contributed by atoms with Gasteiger partial charge in [0.2, 0.25) is 0 Å². The van der Waals surface area contributed by atoms with E-state index >= 15 is 0 Å². The lowest BCUT2D eigenvalue weighted by Crippen LogP contribution is -2.26. The number of ether oxygens (including phenoxy) is 1. The summed E-state index contributed by atoms with van der Waals surface area (Å²) in [6.45, 7) is 0.950. The summed E-state index contributed by atoms with van der Waals surface area (Å²) in [7, 11) is 1.59. The Morgan fingerprint density at radius 1 is 1.65 bits per heavy atom. The van der Waals surface area contributed by atoms with Gasteiger partial charge in [-0.15, -0.1) is 11.3 Å². The smallest absolute Gasteiger partial charge is 0.263 e. The van der Waals surface area contributed by atoms with Crippen LogP contribution < -0.4 is 11.1 Å². The predicted molar refractivity (Wildman–Crippen MR) is 68.2 cm³/mol. The Morgan fingerprint density at radius 2 is 2.47 bits per heavy atom. The van der Waals surface area contributed by atoms with E-state index in [9.17, 15) is 4.79 Å². The second-order valence-electron chi connectivity index (χ2n) is 3.45. The number of hydrogen-bond donors (Lipinski definition) is 2. The normalized spacial score (nSPS) is 10.6. The van der Waals surface area contributed by atoms with Crippen LogP contribution in [0.1, 0.15) is 9.67 Å². The van der Waals surface area contributed by atoms with Crippen molar-refractivity contribution in [2.24, 2.45) is 0 Å². The standard InChI is InChI=1S/C11H13N3O2S/c1-16-6-5-13-10(15)9-8(12)7-3-2-4-14-11(7)17-9/h2-4H,5-6,12H2,1H3,(H,13,15). The molecule has 0 aliphatic carbocycles. The molecule has 6 heteroatoms. The van der Waals surface area contributed by atoms with E-state index in [4.69, 9.17) is 10.5 Å². The minimum absolute atomic E-state index is 0.178. The number of carbonyl (C=O) groups excluding carboxylic acids is 1. The van der Waals surface area contributed by atoms with Crippen LogP contribution in [0.4, 0.5) is 5.69 Å². The van der Waals surface area contributed by atoms with Gasteiger partial charge < -0.3 is 15.8 Å². The molecule has 0 saturated carbocycles. The fraction of sp³-hybridized carbons (Fsp3) is 0.273. The van der Waals surface area contributed by atoms with Crippen molar-refractivity contribution in [2.45, 2.75) is 0 Å². The molecule has 0 aromatic carbocycles. The average molecular weight is 251 g/mol. The maximum absolute atomic E-state index is 11.8. The Kier molecular flexibility index (Phi) is 3.55. The highest BCUT2D eigenvalue weighted by atomic mass is 32.1. The average Bonchev–Trinajstić information content (AvgIpc) is 2.68. The van der Waals surface area contributed by atoms with Gasteiger partial charge in [-0.25, -0.2) is 4.98 Å². The fourth-order valence-electron chi connectivity index (χ4n) is 1.47. The summed E-state index contributed by atoms with van der Waals surface area (Å²) in [6.07, 6.45) is 1.69. The van der Waals surface area contributed by atoms with Crippen molar-refractivity contribution in [1.29, 1.82) is 0 Å². The first-order valence-corrected chi connectivity index (χ1v) is 5.96. The minimum atomic E-state index is -0.178. The Bertz CT molecular complexity index is 538. The van der Waals surface area contributed by atoms with Gasteiger partial charge in [-0.1, -0.05) is 0 Å². The third kappa shape index (κ3) is 2.37. The van der Waals surface area contributed by atoms with Crippen molar-refractivity contribution in [3.05, 3.63) is 23.2 Å². The number of nitrogen functional groups attached to an aromatic ring is 1. The Labute approximate surface area is 103 Å². The van der Waals surface area contributed by atoms with Gasteiger partial charge in [0.05, 0.1) is 12.3 Å². The highest BCUT2D eigenvalue weighted by Gasteiger charge is 2.16. The van der Waals surface area contributed by atoms with Crippen LogP contribution in [0.25, 0.3) is 10.2 Å². The zero-order valence-corrected chi connectivity index (χ0v) is 10.2. The number of anilines is 1. The molecule has 0 saturated heterocycles. The molecule has 2 aromatic heterocycles. The van der Waals surface area contributed by atoms with Crippen molar-refractivity contribution in [3.63, 3.8) is 0 Å². The van der Waals surface area contributed by atoms with Crippen molar-refractivity contribution >= 4 is 33.1 Å².